The Morgan fingerprint density at radius 3 is 2.52 bits per heavy atom. The summed E-state index contributed by atoms with van der Waals surface area (Å²) in [5.74, 6) is 0.757. The van der Waals surface area contributed by atoms with Gasteiger partial charge in [0, 0.05) is 18.3 Å². The highest BCUT2D eigenvalue weighted by Gasteiger charge is 2.24. The first kappa shape index (κ1) is 15.6. The summed E-state index contributed by atoms with van der Waals surface area (Å²) in [6.45, 7) is 0.374. The van der Waals surface area contributed by atoms with Crippen molar-refractivity contribution < 1.29 is 14.6 Å². The van der Waals surface area contributed by atoms with Gasteiger partial charge in [-0.25, -0.2) is 4.79 Å². The van der Waals surface area contributed by atoms with Crippen molar-refractivity contribution in [2.24, 2.45) is 0 Å². The van der Waals surface area contributed by atoms with Crippen LogP contribution < -0.4 is 10.1 Å². The van der Waals surface area contributed by atoms with E-state index in [-0.39, 0.29) is 18.7 Å². The van der Waals surface area contributed by atoms with Gasteiger partial charge in [0.25, 0.3) is 0 Å². The van der Waals surface area contributed by atoms with Gasteiger partial charge in [-0.05, 0) is 37.1 Å². The first-order valence-corrected chi connectivity index (χ1v) is 7.57. The van der Waals surface area contributed by atoms with Crippen LogP contribution in [0.25, 0.3) is 0 Å². The van der Waals surface area contributed by atoms with Crippen LogP contribution >= 0.6 is 0 Å². The van der Waals surface area contributed by atoms with Crippen molar-refractivity contribution in [3.05, 3.63) is 24.3 Å². The van der Waals surface area contributed by atoms with Crippen molar-refractivity contribution >= 4 is 11.7 Å². The number of aliphatic hydroxyl groups excluding tert-OH is 1. The summed E-state index contributed by atoms with van der Waals surface area (Å²) in [5.41, 5.74) is 0.736. The summed E-state index contributed by atoms with van der Waals surface area (Å²) in [6.07, 6.45) is 5.60. The largest absolute Gasteiger partial charge is 0.497 e. The zero-order valence-corrected chi connectivity index (χ0v) is 12.5. The average Bonchev–Trinajstić information content (AvgIpc) is 2.54. The Hall–Kier alpha value is -1.75. The van der Waals surface area contributed by atoms with E-state index in [0.29, 0.717) is 6.54 Å². The van der Waals surface area contributed by atoms with Crippen molar-refractivity contribution in [2.45, 2.75) is 38.1 Å². The van der Waals surface area contributed by atoms with E-state index in [0.717, 1.165) is 37.1 Å². The molecule has 1 aromatic rings. The minimum atomic E-state index is -0.138. The molecule has 0 aromatic heterocycles. The molecule has 0 atom stereocenters. The number of carbonyl (C=O) groups is 1. The summed E-state index contributed by atoms with van der Waals surface area (Å²) in [6, 6.07) is 7.35. The van der Waals surface area contributed by atoms with Gasteiger partial charge in [0.1, 0.15) is 5.75 Å². The Morgan fingerprint density at radius 1 is 1.29 bits per heavy atom. The molecule has 0 unspecified atom stereocenters. The Morgan fingerprint density at radius 2 is 1.95 bits per heavy atom. The predicted molar refractivity (Wildman–Crippen MR) is 82.7 cm³/mol. The average molecular weight is 292 g/mol. The van der Waals surface area contributed by atoms with E-state index in [2.05, 4.69) is 5.32 Å². The van der Waals surface area contributed by atoms with Gasteiger partial charge in [-0.2, -0.15) is 0 Å². The zero-order valence-electron chi connectivity index (χ0n) is 12.5. The fourth-order valence-electron chi connectivity index (χ4n) is 2.82. The summed E-state index contributed by atoms with van der Waals surface area (Å²) in [7, 11) is 1.61. The number of benzene rings is 1. The summed E-state index contributed by atoms with van der Waals surface area (Å²) in [4.78, 5) is 14.2. The molecule has 2 rings (SSSR count). The maximum Gasteiger partial charge on any atom is 0.322 e. The predicted octanol–water partition coefficient (Wildman–Crippen LogP) is 2.85. The van der Waals surface area contributed by atoms with Gasteiger partial charge < -0.3 is 20.1 Å². The zero-order chi connectivity index (χ0) is 15.1. The van der Waals surface area contributed by atoms with Crippen LogP contribution in [0, 0.1) is 0 Å². The molecule has 5 heteroatoms. The third-order valence-electron chi connectivity index (χ3n) is 3.96. The molecule has 21 heavy (non-hydrogen) atoms. The van der Waals surface area contributed by atoms with Crippen LogP contribution in [0.4, 0.5) is 10.5 Å². The molecule has 1 fully saturated rings. The number of nitrogens with one attached hydrogen (secondary N) is 1. The van der Waals surface area contributed by atoms with Gasteiger partial charge in [-0.1, -0.05) is 19.3 Å². The van der Waals surface area contributed by atoms with Gasteiger partial charge in [-0.15, -0.1) is 0 Å². The van der Waals surface area contributed by atoms with E-state index < -0.39 is 0 Å². The van der Waals surface area contributed by atoms with Gasteiger partial charge in [0.15, 0.2) is 0 Å². The van der Waals surface area contributed by atoms with Crippen molar-refractivity contribution in [2.75, 3.05) is 25.6 Å². The molecule has 0 heterocycles. The topological polar surface area (TPSA) is 61.8 Å². The molecule has 1 aliphatic rings. The molecule has 5 nitrogen and oxygen atoms in total. The number of amides is 2. The monoisotopic (exact) mass is 292 g/mol. The lowest BCUT2D eigenvalue weighted by atomic mass is 9.94. The molecular formula is C16H24N2O3. The van der Waals surface area contributed by atoms with Gasteiger partial charge >= 0.3 is 6.03 Å². The smallest absolute Gasteiger partial charge is 0.322 e. The summed E-state index contributed by atoms with van der Waals surface area (Å²) >= 11 is 0. The molecule has 0 aliphatic heterocycles. The van der Waals surface area contributed by atoms with Crippen LogP contribution in [0.2, 0.25) is 0 Å². The van der Waals surface area contributed by atoms with Gasteiger partial charge in [-0.3, -0.25) is 0 Å². The number of hydrogen-bond donors (Lipinski definition) is 2. The Labute approximate surface area is 125 Å². The minimum absolute atomic E-state index is 0.00741. The van der Waals surface area contributed by atoms with E-state index in [1.807, 2.05) is 24.3 Å². The highest BCUT2D eigenvalue weighted by Crippen LogP contribution is 2.23. The molecule has 0 saturated heterocycles. The number of urea groups is 1. The SMILES string of the molecule is COc1ccc(NC(=O)N(CCO)C2CCCCC2)cc1. The molecule has 1 aromatic carbocycles. The normalized spacial score (nSPS) is 15.5. The highest BCUT2D eigenvalue weighted by atomic mass is 16.5. The van der Waals surface area contributed by atoms with Crippen LogP contribution in [-0.2, 0) is 0 Å². The standard InChI is InChI=1S/C16H24N2O3/c1-21-15-9-7-13(8-10-15)17-16(20)18(11-12-19)14-5-3-2-4-6-14/h7-10,14,19H,2-6,11-12H2,1H3,(H,17,20). The highest BCUT2D eigenvalue weighted by molar-refractivity contribution is 5.89. The van der Waals surface area contributed by atoms with Gasteiger partial charge in [0.05, 0.1) is 13.7 Å². The quantitative estimate of drug-likeness (QED) is 0.877. The molecular weight excluding hydrogens is 268 g/mol. The third kappa shape index (κ3) is 4.36. The van der Waals surface area contributed by atoms with Gasteiger partial charge in [0.2, 0.25) is 0 Å². The summed E-state index contributed by atoms with van der Waals surface area (Å²) < 4.78 is 5.10. The Balaban J connectivity index is 1.99. The first-order valence-electron chi connectivity index (χ1n) is 7.57. The minimum Gasteiger partial charge on any atom is -0.497 e. The van der Waals surface area contributed by atoms with Crippen molar-refractivity contribution in [3.8, 4) is 5.75 Å². The molecule has 0 radical (unpaired) electrons. The van der Waals surface area contributed by atoms with E-state index >= 15 is 0 Å². The Bertz CT molecular complexity index is 441. The van der Waals surface area contributed by atoms with Crippen LogP contribution in [0.3, 0.4) is 0 Å². The molecule has 2 N–H and O–H groups in total. The van der Waals surface area contributed by atoms with Crippen molar-refractivity contribution in [1.82, 2.24) is 4.90 Å². The number of methoxy groups -OCH3 is 1. The maximum absolute atomic E-state index is 12.4. The van der Waals surface area contributed by atoms with E-state index in [1.54, 1.807) is 12.0 Å². The fraction of sp³-hybridized carbons (Fsp3) is 0.562. The number of anilines is 1. The molecule has 0 spiro atoms. The second kappa shape index (κ2) is 7.88. The second-order valence-corrected chi connectivity index (χ2v) is 5.37. The van der Waals surface area contributed by atoms with Crippen molar-refractivity contribution in [3.63, 3.8) is 0 Å². The number of hydrogen-bond acceptors (Lipinski definition) is 3. The number of rotatable bonds is 5. The lowest BCUT2D eigenvalue weighted by Gasteiger charge is -2.34. The molecule has 1 aliphatic carbocycles. The van der Waals surface area contributed by atoms with Crippen LogP contribution in [0.1, 0.15) is 32.1 Å². The van der Waals surface area contributed by atoms with Crippen LogP contribution in [-0.4, -0.2) is 42.3 Å². The van der Waals surface area contributed by atoms with Crippen molar-refractivity contribution in [1.29, 1.82) is 0 Å². The maximum atomic E-state index is 12.4. The number of ether oxygens (including phenoxy) is 1. The third-order valence-corrected chi connectivity index (χ3v) is 3.96. The van der Waals surface area contributed by atoms with E-state index in [9.17, 15) is 9.90 Å². The van der Waals surface area contributed by atoms with E-state index in [1.165, 1.54) is 6.42 Å². The fourth-order valence-corrected chi connectivity index (χ4v) is 2.82. The lowest BCUT2D eigenvalue weighted by Crippen LogP contribution is -2.45. The van der Waals surface area contributed by atoms with E-state index in [4.69, 9.17) is 4.74 Å². The first-order chi connectivity index (χ1) is 10.2. The number of aliphatic hydroxyl groups is 1. The molecule has 116 valence electrons. The van der Waals surface area contributed by atoms with Crippen LogP contribution in [0.15, 0.2) is 24.3 Å². The molecule has 1 saturated carbocycles. The Kier molecular flexibility index (Phi) is 5.87. The summed E-state index contributed by atoms with van der Waals surface area (Å²) in [5, 5.41) is 12.1. The lowest BCUT2D eigenvalue weighted by molar-refractivity contribution is 0.144. The number of nitrogens with zero attached hydrogens (tertiary/aromatic N) is 1. The van der Waals surface area contributed by atoms with Crippen LogP contribution in [0.5, 0.6) is 5.75 Å². The number of carbonyl (C=O) groups excluding carboxylic acids is 1. The second-order valence-electron chi connectivity index (χ2n) is 5.37. The molecule has 0 bridgehead atoms. The molecule has 2 amide bonds.